The summed E-state index contributed by atoms with van der Waals surface area (Å²) in [5.74, 6) is -0.00294. The molecule has 1 fully saturated rings. The molecule has 32 heavy (non-hydrogen) atoms. The monoisotopic (exact) mass is 439 g/mol. The third kappa shape index (κ3) is 4.68. The standard InChI is InChI=1S/C23H33N7O2/c1-14(2)18-19(16-10-15(3)21-24-13-25-30(21)11-16)27-28-20(18)22(31)26-17-6-8-29(9-7-17)12-23(4,5)32/h10-11,13-14,17,32H,6-9,12H2,1-5H3,(H,26,31)(H,27,28). The van der Waals surface area contributed by atoms with Crippen LogP contribution in [0.25, 0.3) is 16.9 Å². The highest BCUT2D eigenvalue weighted by Crippen LogP contribution is 2.31. The van der Waals surface area contributed by atoms with Gasteiger partial charge in [-0.2, -0.15) is 10.2 Å². The zero-order valence-electron chi connectivity index (χ0n) is 19.5. The van der Waals surface area contributed by atoms with Gasteiger partial charge in [0.05, 0.1) is 11.3 Å². The Morgan fingerprint density at radius 3 is 2.72 bits per heavy atom. The van der Waals surface area contributed by atoms with E-state index in [1.807, 2.05) is 33.0 Å². The molecule has 3 aromatic rings. The molecule has 1 aliphatic heterocycles. The van der Waals surface area contributed by atoms with E-state index in [2.05, 4.69) is 44.3 Å². The Labute approximate surface area is 188 Å². The first-order chi connectivity index (χ1) is 15.1. The van der Waals surface area contributed by atoms with Crippen LogP contribution in [0.2, 0.25) is 0 Å². The minimum atomic E-state index is -0.706. The Kier molecular flexibility index (Phi) is 6.05. The molecular formula is C23H33N7O2. The number of β-amino-alcohol motifs (C(OH)–C–C–N with tert-alkyl or cyclic N) is 1. The van der Waals surface area contributed by atoms with Gasteiger partial charge in [-0.15, -0.1) is 0 Å². The molecule has 0 atom stereocenters. The zero-order valence-corrected chi connectivity index (χ0v) is 19.5. The third-order valence-corrected chi connectivity index (χ3v) is 5.97. The van der Waals surface area contributed by atoms with Crippen LogP contribution >= 0.6 is 0 Å². The number of H-pyrrole nitrogens is 1. The molecule has 4 rings (SSSR count). The van der Waals surface area contributed by atoms with Gasteiger partial charge in [-0.3, -0.25) is 9.89 Å². The van der Waals surface area contributed by atoms with Crippen LogP contribution in [0.4, 0.5) is 0 Å². The average Bonchev–Trinajstić information content (AvgIpc) is 3.35. The number of aromatic nitrogens is 5. The van der Waals surface area contributed by atoms with Crippen molar-refractivity contribution in [2.45, 2.75) is 65.0 Å². The minimum Gasteiger partial charge on any atom is -0.389 e. The van der Waals surface area contributed by atoms with Crippen LogP contribution in [0, 0.1) is 6.92 Å². The SMILES string of the molecule is Cc1cc(-c2n[nH]c(C(=O)NC3CCN(CC(C)(C)O)CC3)c2C(C)C)cn2ncnc12. The van der Waals surface area contributed by atoms with E-state index in [-0.39, 0.29) is 17.9 Å². The number of aromatic amines is 1. The van der Waals surface area contributed by atoms with Crippen LogP contribution in [-0.2, 0) is 0 Å². The Hall–Kier alpha value is -2.78. The number of carbonyl (C=O) groups is 1. The van der Waals surface area contributed by atoms with E-state index in [1.54, 1.807) is 4.52 Å². The molecule has 1 aliphatic rings. The lowest BCUT2D eigenvalue weighted by Crippen LogP contribution is -2.48. The van der Waals surface area contributed by atoms with Gasteiger partial charge in [0.1, 0.15) is 12.0 Å². The van der Waals surface area contributed by atoms with Crippen LogP contribution in [0.3, 0.4) is 0 Å². The smallest absolute Gasteiger partial charge is 0.269 e. The van der Waals surface area contributed by atoms with Crippen molar-refractivity contribution < 1.29 is 9.90 Å². The number of amides is 1. The summed E-state index contributed by atoms with van der Waals surface area (Å²) in [6.07, 6.45) is 5.16. The second-order valence-electron chi connectivity index (χ2n) is 9.79. The van der Waals surface area contributed by atoms with Gasteiger partial charge in [-0.25, -0.2) is 9.50 Å². The van der Waals surface area contributed by atoms with Crippen LogP contribution in [0.5, 0.6) is 0 Å². The maximum Gasteiger partial charge on any atom is 0.269 e. The molecule has 0 aliphatic carbocycles. The fourth-order valence-electron chi connectivity index (χ4n) is 4.57. The highest BCUT2D eigenvalue weighted by atomic mass is 16.3. The molecule has 4 heterocycles. The Balaban J connectivity index is 1.52. The quantitative estimate of drug-likeness (QED) is 0.544. The first-order valence-corrected chi connectivity index (χ1v) is 11.3. The molecule has 1 amide bonds. The van der Waals surface area contributed by atoms with E-state index in [9.17, 15) is 9.90 Å². The summed E-state index contributed by atoms with van der Waals surface area (Å²) in [5.41, 5.74) is 4.20. The number of aryl methyl sites for hydroxylation is 1. The second kappa shape index (κ2) is 8.63. The van der Waals surface area contributed by atoms with E-state index < -0.39 is 5.60 Å². The van der Waals surface area contributed by atoms with Crippen molar-refractivity contribution in [2.75, 3.05) is 19.6 Å². The van der Waals surface area contributed by atoms with Gasteiger partial charge >= 0.3 is 0 Å². The fraction of sp³-hybridized carbons (Fsp3) is 0.565. The van der Waals surface area contributed by atoms with Crippen molar-refractivity contribution >= 4 is 11.6 Å². The second-order valence-corrected chi connectivity index (χ2v) is 9.79. The summed E-state index contributed by atoms with van der Waals surface area (Å²) >= 11 is 0. The van der Waals surface area contributed by atoms with Crippen LogP contribution in [0.1, 0.15) is 68.1 Å². The van der Waals surface area contributed by atoms with E-state index in [1.165, 1.54) is 6.33 Å². The van der Waals surface area contributed by atoms with Gasteiger partial charge in [0.2, 0.25) is 0 Å². The summed E-state index contributed by atoms with van der Waals surface area (Å²) in [7, 11) is 0. The van der Waals surface area contributed by atoms with Crippen molar-refractivity contribution in [3.05, 3.63) is 35.4 Å². The number of nitrogens with one attached hydrogen (secondary N) is 2. The van der Waals surface area contributed by atoms with E-state index >= 15 is 0 Å². The number of piperidine rings is 1. The highest BCUT2D eigenvalue weighted by molar-refractivity contribution is 5.96. The topological polar surface area (TPSA) is 111 Å². The Bertz CT molecular complexity index is 1100. The summed E-state index contributed by atoms with van der Waals surface area (Å²) in [6.45, 7) is 12.1. The summed E-state index contributed by atoms with van der Waals surface area (Å²) in [6, 6.07) is 2.15. The maximum atomic E-state index is 13.2. The number of hydrogen-bond donors (Lipinski definition) is 3. The van der Waals surface area contributed by atoms with E-state index in [0.717, 1.165) is 54.0 Å². The normalized spacial score (nSPS) is 16.2. The van der Waals surface area contributed by atoms with Crippen molar-refractivity contribution in [1.82, 2.24) is 35.0 Å². The lowest BCUT2D eigenvalue weighted by molar-refractivity contribution is 0.0266. The molecule has 3 N–H and O–H groups in total. The van der Waals surface area contributed by atoms with Crippen molar-refractivity contribution in [1.29, 1.82) is 0 Å². The van der Waals surface area contributed by atoms with Crippen LogP contribution in [0.15, 0.2) is 18.6 Å². The van der Waals surface area contributed by atoms with Gasteiger partial charge in [-0.1, -0.05) is 13.8 Å². The van der Waals surface area contributed by atoms with Gasteiger partial charge in [-0.05, 0) is 51.2 Å². The number of fused-ring (bicyclic) bond motifs is 1. The lowest BCUT2D eigenvalue weighted by atomic mass is 9.96. The largest absolute Gasteiger partial charge is 0.389 e. The number of carbonyl (C=O) groups excluding carboxylic acids is 1. The number of pyridine rings is 1. The van der Waals surface area contributed by atoms with Crippen molar-refractivity contribution in [3.8, 4) is 11.3 Å². The average molecular weight is 440 g/mol. The fourth-order valence-corrected chi connectivity index (χ4v) is 4.57. The molecule has 3 aromatic heterocycles. The van der Waals surface area contributed by atoms with E-state index in [0.29, 0.717) is 12.2 Å². The first kappa shape index (κ1) is 22.4. The number of hydrogen-bond acceptors (Lipinski definition) is 6. The Morgan fingerprint density at radius 2 is 2.06 bits per heavy atom. The molecule has 0 aromatic carbocycles. The molecule has 1 saturated heterocycles. The van der Waals surface area contributed by atoms with Crippen molar-refractivity contribution in [2.24, 2.45) is 0 Å². The molecule has 0 radical (unpaired) electrons. The molecular weight excluding hydrogens is 406 g/mol. The molecule has 0 bridgehead atoms. The summed E-state index contributed by atoms with van der Waals surface area (Å²) in [4.78, 5) is 19.7. The predicted octanol–water partition coefficient (Wildman–Crippen LogP) is 2.52. The molecule has 0 unspecified atom stereocenters. The van der Waals surface area contributed by atoms with Gasteiger partial charge in [0, 0.05) is 43.0 Å². The summed E-state index contributed by atoms with van der Waals surface area (Å²) in [5, 5.41) is 25.0. The van der Waals surface area contributed by atoms with Crippen molar-refractivity contribution in [3.63, 3.8) is 0 Å². The number of nitrogens with zero attached hydrogens (tertiary/aromatic N) is 5. The molecule has 9 heteroatoms. The van der Waals surface area contributed by atoms with Crippen LogP contribution < -0.4 is 5.32 Å². The molecule has 9 nitrogen and oxygen atoms in total. The third-order valence-electron chi connectivity index (χ3n) is 5.97. The Morgan fingerprint density at radius 1 is 1.34 bits per heavy atom. The minimum absolute atomic E-state index is 0.112. The van der Waals surface area contributed by atoms with Gasteiger partial charge < -0.3 is 15.3 Å². The zero-order chi connectivity index (χ0) is 23.0. The summed E-state index contributed by atoms with van der Waals surface area (Å²) < 4.78 is 1.74. The van der Waals surface area contributed by atoms with Gasteiger partial charge in [0.15, 0.2) is 5.65 Å². The maximum absolute atomic E-state index is 13.2. The molecule has 0 saturated carbocycles. The van der Waals surface area contributed by atoms with Gasteiger partial charge in [0.25, 0.3) is 5.91 Å². The lowest BCUT2D eigenvalue weighted by Gasteiger charge is -2.35. The van der Waals surface area contributed by atoms with E-state index in [4.69, 9.17) is 0 Å². The number of likely N-dealkylation sites (tertiary alicyclic amines) is 1. The molecule has 0 spiro atoms. The number of rotatable bonds is 6. The molecule has 172 valence electrons. The highest BCUT2D eigenvalue weighted by Gasteiger charge is 2.28. The van der Waals surface area contributed by atoms with Crippen LogP contribution in [-0.4, -0.2) is 72.0 Å². The number of aliphatic hydroxyl groups is 1. The predicted molar refractivity (Wildman–Crippen MR) is 123 cm³/mol. The first-order valence-electron chi connectivity index (χ1n) is 11.3.